The number of aromatic nitrogens is 2. The van der Waals surface area contributed by atoms with Crippen LogP contribution in [-0.2, 0) is 6.54 Å². The number of hydrogen-bond donors (Lipinski definition) is 2. The summed E-state index contributed by atoms with van der Waals surface area (Å²) in [6.07, 6.45) is 0. The summed E-state index contributed by atoms with van der Waals surface area (Å²) < 4.78 is 0. The number of para-hydroxylation sites is 1. The van der Waals surface area contributed by atoms with Crippen LogP contribution in [0.5, 0.6) is 0 Å². The summed E-state index contributed by atoms with van der Waals surface area (Å²) in [6.45, 7) is 0.493. The van der Waals surface area contributed by atoms with Crippen LogP contribution in [-0.4, -0.2) is 27.8 Å². The van der Waals surface area contributed by atoms with E-state index in [-0.39, 0.29) is 5.91 Å². The van der Waals surface area contributed by atoms with Crippen LogP contribution in [0.4, 0.5) is 5.69 Å². The predicted molar refractivity (Wildman–Crippen MR) is 80.6 cm³/mol. The number of carbonyl (C=O) groups is 1. The molecule has 0 atom stereocenters. The second-order valence-electron chi connectivity index (χ2n) is 4.64. The van der Waals surface area contributed by atoms with Gasteiger partial charge in [-0.3, -0.25) is 4.79 Å². The third-order valence-corrected chi connectivity index (χ3v) is 3.78. The highest BCUT2D eigenvalue weighted by atomic mass is 32.1. The van der Waals surface area contributed by atoms with Crippen LogP contribution in [0, 0.1) is 0 Å². The minimum Gasteiger partial charge on any atom is -0.397 e. The Labute approximate surface area is 120 Å². The van der Waals surface area contributed by atoms with Gasteiger partial charge in [0.25, 0.3) is 5.91 Å². The van der Waals surface area contributed by atoms with Gasteiger partial charge in [0.05, 0.1) is 29.0 Å². The average molecular weight is 286 g/mol. The number of anilines is 1. The molecule has 0 aliphatic carbocycles. The first-order valence-corrected chi connectivity index (χ1v) is 7.09. The van der Waals surface area contributed by atoms with E-state index in [0.29, 0.717) is 17.9 Å². The van der Waals surface area contributed by atoms with Crippen LogP contribution < -0.4 is 5.73 Å². The van der Waals surface area contributed by atoms with Crippen molar-refractivity contribution in [3.8, 4) is 0 Å². The van der Waals surface area contributed by atoms with Gasteiger partial charge in [0, 0.05) is 17.8 Å². The predicted octanol–water partition coefficient (Wildman–Crippen LogP) is 2.48. The number of nitrogen functional groups attached to an aromatic ring is 1. The van der Waals surface area contributed by atoms with Crippen molar-refractivity contribution in [1.29, 1.82) is 0 Å². The first kappa shape index (κ1) is 12.7. The zero-order chi connectivity index (χ0) is 14.1. The summed E-state index contributed by atoms with van der Waals surface area (Å²) in [5, 5.41) is 2.88. The quantitative estimate of drug-likeness (QED) is 0.726. The number of nitrogens with one attached hydrogen (secondary N) is 1. The maximum absolute atomic E-state index is 12.4. The van der Waals surface area contributed by atoms with E-state index in [0.717, 1.165) is 16.6 Å². The molecule has 0 aliphatic heterocycles. The molecule has 0 saturated heterocycles. The molecule has 2 heterocycles. The minimum absolute atomic E-state index is 0.0754. The van der Waals surface area contributed by atoms with Crippen LogP contribution in [0.3, 0.4) is 0 Å². The number of fused-ring (bicyclic) bond motifs is 1. The summed E-state index contributed by atoms with van der Waals surface area (Å²) >= 11 is 1.52. The van der Waals surface area contributed by atoms with Crippen LogP contribution in [0.1, 0.15) is 16.2 Å². The minimum atomic E-state index is -0.0754. The van der Waals surface area contributed by atoms with Gasteiger partial charge >= 0.3 is 0 Å². The normalized spacial score (nSPS) is 10.8. The van der Waals surface area contributed by atoms with E-state index in [2.05, 4.69) is 9.97 Å². The molecular formula is C14H14N4OS. The van der Waals surface area contributed by atoms with E-state index in [1.165, 1.54) is 11.3 Å². The molecule has 0 bridgehead atoms. The molecule has 102 valence electrons. The largest absolute Gasteiger partial charge is 0.397 e. The third kappa shape index (κ3) is 2.25. The van der Waals surface area contributed by atoms with Crippen molar-refractivity contribution in [3.05, 3.63) is 46.5 Å². The zero-order valence-electron chi connectivity index (χ0n) is 11.0. The van der Waals surface area contributed by atoms with Crippen molar-refractivity contribution in [1.82, 2.24) is 14.9 Å². The smallest absolute Gasteiger partial charge is 0.270 e. The van der Waals surface area contributed by atoms with Crippen LogP contribution in [0.15, 0.2) is 35.2 Å². The monoisotopic (exact) mass is 286 g/mol. The number of amides is 1. The number of hydrogen-bond acceptors (Lipinski definition) is 4. The number of rotatable bonds is 3. The Bertz CT molecular complexity index is 748. The summed E-state index contributed by atoms with van der Waals surface area (Å²) in [5.41, 5.74) is 10.5. The fourth-order valence-electron chi connectivity index (χ4n) is 2.13. The molecule has 1 amide bonds. The zero-order valence-corrected chi connectivity index (χ0v) is 11.8. The number of aromatic amines is 1. The van der Waals surface area contributed by atoms with Crippen LogP contribution >= 0.6 is 11.3 Å². The molecule has 3 rings (SSSR count). The van der Waals surface area contributed by atoms with Gasteiger partial charge in [-0.15, -0.1) is 11.3 Å². The number of carbonyl (C=O) groups excluding carboxylic acids is 1. The number of nitrogens with two attached hydrogens (primary N) is 1. The Balaban J connectivity index is 1.86. The maximum atomic E-state index is 12.4. The lowest BCUT2D eigenvalue weighted by molar-refractivity contribution is 0.0779. The molecule has 0 aliphatic rings. The molecule has 5 nitrogen and oxygen atoms in total. The SMILES string of the molecule is CN(Cc1cscn1)C(=O)c1cc2cccc(N)c2[nH]1. The Morgan fingerprint density at radius 2 is 2.35 bits per heavy atom. The molecule has 0 spiro atoms. The Hall–Kier alpha value is -2.34. The van der Waals surface area contributed by atoms with Crippen molar-refractivity contribution >= 4 is 33.8 Å². The van der Waals surface area contributed by atoms with E-state index < -0.39 is 0 Å². The average Bonchev–Trinajstić information content (AvgIpc) is 3.07. The fourth-order valence-corrected chi connectivity index (χ4v) is 2.68. The second kappa shape index (κ2) is 4.97. The van der Waals surface area contributed by atoms with Gasteiger partial charge in [-0.2, -0.15) is 0 Å². The van der Waals surface area contributed by atoms with E-state index in [1.54, 1.807) is 17.5 Å². The van der Waals surface area contributed by atoms with Crippen molar-refractivity contribution < 1.29 is 4.79 Å². The first-order valence-electron chi connectivity index (χ1n) is 6.15. The van der Waals surface area contributed by atoms with Gasteiger partial charge < -0.3 is 15.6 Å². The van der Waals surface area contributed by atoms with E-state index in [9.17, 15) is 4.79 Å². The fraction of sp³-hybridized carbons (Fsp3) is 0.143. The summed E-state index contributed by atoms with van der Waals surface area (Å²) in [7, 11) is 1.76. The summed E-state index contributed by atoms with van der Waals surface area (Å²) in [4.78, 5) is 21.3. The van der Waals surface area contributed by atoms with Gasteiger partial charge in [0.1, 0.15) is 5.69 Å². The van der Waals surface area contributed by atoms with E-state index in [1.807, 2.05) is 29.6 Å². The summed E-state index contributed by atoms with van der Waals surface area (Å²) in [5.74, 6) is -0.0754. The highest BCUT2D eigenvalue weighted by Gasteiger charge is 2.15. The lowest BCUT2D eigenvalue weighted by Gasteiger charge is -2.14. The van der Waals surface area contributed by atoms with Crippen LogP contribution in [0.25, 0.3) is 10.9 Å². The van der Waals surface area contributed by atoms with Gasteiger partial charge in [-0.05, 0) is 12.1 Å². The summed E-state index contributed by atoms with van der Waals surface area (Å²) in [6, 6.07) is 7.44. The number of thiazole rings is 1. The number of benzene rings is 1. The Morgan fingerprint density at radius 1 is 1.50 bits per heavy atom. The van der Waals surface area contributed by atoms with Gasteiger partial charge in [0.15, 0.2) is 0 Å². The molecule has 0 saturated carbocycles. The van der Waals surface area contributed by atoms with Crippen molar-refractivity contribution in [2.24, 2.45) is 0 Å². The second-order valence-corrected chi connectivity index (χ2v) is 5.35. The standard InChI is InChI=1S/C14H14N4OS/c1-18(6-10-7-20-8-16-10)14(19)12-5-9-3-2-4-11(15)13(9)17-12/h2-5,7-8,17H,6,15H2,1H3. The number of nitrogens with zero attached hydrogens (tertiary/aromatic N) is 2. The van der Waals surface area contributed by atoms with E-state index >= 15 is 0 Å². The molecule has 20 heavy (non-hydrogen) atoms. The Kier molecular flexibility index (Phi) is 3.15. The molecule has 2 aromatic heterocycles. The molecule has 0 radical (unpaired) electrons. The molecular weight excluding hydrogens is 272 g/mol. The van der Waals surface area contributed by atoms with E-state index in [4.69, 9.17) is 5.73 Å². The molecule has 0 unspecified atom stereocenters. The van der Waals surface area contributed by atoms with Crippen LogP contribution in [0.2, 0.25) is 0 Å². The highest BCUT2D eigenvalue weighted by molar-refractivity contribution is 7.07. The lowest BCUT2D eigenvalue weighted by Crippen LogP contribution is -2.26. The molecule has 1 aromatic carbocycles. The molecule has 0 fully saturated rings. The van der Waals surface area contributed by atoms with Crippen molar-refractivity contribution in [2.45, 2.75) is 6.54 Å². The molecule has 6 heteroatoms. The number of H-pyrrole nitrogens is 1. The van der Waals surface area contributed by atoms with Crippen molar-refractivity contribution in [3.63, 3.8) is 0 Å². The van der Waals surface area contributed by atoms with Gasteiger partial charge in [-0.1, -0.05) is 12.1 Å². The third-order valence-electron chi connectivity index (χ3n) is 3.15. The molecule has 3 N–H and O–H groups in total. The molecule has 3 aromatic rings. The van der Waals surface area contributed by atoms with Crippen molar-refractivity contribution in [2.75, 3.05) is 12.8 Å². The first-order chi connectivity index (χ1) is 9.65. The van der Waals surface area contributed by atoms with Gasteiger partial charge in [-0.25, -0.2) is 4.98 Å². The topological polar surface area (TPSA) is 75.0 Å². The highest BCUT2D eigenvalue weighted by Crippen LogP contribution is 2.22. The maximum Gasteiger partial charge on any atom is 0.270 e. The lowest BCUT2D eigenvalue weighted by atomic mass is 10.2. The Morgan fingerprint density at radius 3 is 3.05 bits per heavy atom. The van der Waals surface area contributed by atoms with Gasteiger partial charge in [0.2, 0.25) is 0 Å².